The highest BCUT2D eigenvalue weighted by Crippen LogP contribution is 2.25. The van der Waals surface area contributed by atoms with Crippen LogP contribution in [0.25, 0.3) is 0 Å². The summed E-state index contributed by atoms with van der Waals surface area (Å²) in [5.74, 6) is 1.27. The molecule has 0 amide bonds. The van der Waals surface area contributed by atoms with E-state index < -0.39 is 0 Å². The zero-order valence-corrected chi connectivity index (χ0v) is 14.7. The molecule has 0 N–H and O–H groups in total. The summed E-state index contributed by atoms with van der Waals surface area (Å²) in [5.41, 5.74) is 0.547. The lowest BCUT2D eigenvalue weighted by molar-refractivity contribution is 0.163. The molecule has 1 aliphatic heterocycles. The molecular formula is C16H16BrN5O2. The molecule has 1 unspecified atom stereocenters. The number of anilines is 1. The predicted octanol–water partition coefficient (Wildman–Crippen LogP) is 2.56. The van der Waals surface area contributed by atoms with Crippen molar-refractivity contribution >= 4 is 21.7 Å². The van der Waals surface area contributed by atoms with E-state index in [2.05, 4.69) is 41.9 Å². The van der Waals surface area contributed by atoms with Crippen LogP contribution in [0, 0.1) is 11.3 Å². The highest BCUT2D eigenvalue weighted by Gasteiger charge is 2.25. The van der Waals surface area contributed by atoms with Gasteiger partial charge in [0.05, 0.1) is 31.6 Å². The molecule has 3 rings (SSSR count). The number of nitriles is 1. The van der Waals surface area contributed by atoms with Gasteiger partial charge >= 0.3 is 6.01 Å². The van der Waals surface area contributed by atoms with E-state index in [4.69, 9.17) is 9.47 Å². The number of ether oxygens (including phenoxy) is 2. The van der Waals surface area contributed by atoms with Crippen molar-refractivity contribution < 1.29 is 9.47 Å². The summed E-state index contributed by atoms with van der Waals surface area (Å²) < 4.78 is 11.7. The Hall–Kier alpha value is -2.40. The van der Waals surface area contributed by atoms with Gasteiger partial charge in [0, 0.05) is 17.2 Å². The molecule has 3 heterocycles. The van der Waals surface area contributed by atoms with Gasteiger partial charge in [-0.25, -0.2) is 4.98 Å². The Balaban J connectivity index is 1.71. The molecule has 0 spiro atoms. The molecular weight excluding hydrogens is 374 g/mol. The molecule has 2 aromatic heterocycles. The molecule has 1 fully saturated rings. The lowest BCUT2D eigenvalue weighted by Gasteiger charge is -2.33. The zero-order valence-electron chi connectivity index (χ0n) is 13.1. The Morgan fingerprint density at radius 3 is 2.79 bits per heavy atom. The molecule has 1 saturated heterocycles. The molecule has 124 valence electrons. The third-order valence-electron chi connectivity index (χ3n) is 3.74. The summed E-state index contributed by atoms with van der Waals surface area (Å²) in [6.07, 6.45) is 6.66. The highest BCUT2D eigenvalue weighted by molar-refractivity contribution is 9.10. The van der Waals surface area contributed by atoms with Gasteiger partial charge in [-0.3, -0.25) is 0 Å². The van der Waals surface area contributed by atoms with E-state index in [1.165, 1.54) is 0 Å². The van der Waals surface area contributed by atoms with E-state index in [0.29, 0.717) is 29.7 Å². The molecule has 0 saturated carbocycles. The van der Waals surface area contributed by atoms with Crippen molar-refractivity contribution in [2.45, 2.75) is 18.9 Å². The fraction of sp³-hybridized carbons (Fsp3) is 0.375. The summed E-state index contributed by atoms with van der Waals surface area (Å²) >= 11 is 3.35. The molecule has 24 heavy (non-hydrogen) atoms. The van der Waals surface area contributed by atoms with E-state index in [9.17, 15) is 5.26 Å². The van der Waals surface area contributed by atoms with E-state index in [0.717, 1.165) is 23.9 Å². The fourth-order valence-electron chi connectivity index (χ4n) is 2.61. The average Bonchev–Trinajstić information content (AvgIpc) is 2.62. The maximum atomic E-state index is 9.32. The first kappa shape index (κ1) is 16.5. The number of piperidine rings is 1. The first-order valence-corrected chi connectivity index (χ1v) is 8.32. The molecule has 0 aliphatic carbocycles. The van der Waals surface area contributed by atoms with Gasteiger partial charge in [0.1, 0.15) is 18.0 Å². The first-order chi connectivity index (χ1) is 11.7. The number of hydrogen-bond acceptors (Lipinski definition) is 7. The van der Waals surface area contributed by atoms with E-state index in [1.807, 2.05) is 0 Å². The number of halogens is 1. The zero-order chi connectivity index (χ0) is 16.9. The molecule has 1 aliphatic rings. The van der Waals surface area contributed by atoms with Crippen LogP contribution in [0.2, 0.25) is 0 Å². The van der Waals surface area contributed by atoms with Crippen molar-refractivity contribution in [2.24, 2.45) is 0 Å². The van der Waals surface area contributed by atoms with E-state index in [1.54, 1.807) is 31.8 Å². The SMILES string of the molecule is COc1cnc(OC2CCCN(c3ncc(Br)cc3C#N)C2)nc1. The Morgan fingerprint density at radius 2 is 2.08 bits per heavy atom. The number of nitrogens with zero attached hydrogens (tertiary/aromatic N) is 5. The quantitative estimate of drug-likeness (QED) is 0.793. The summed E-state index contributed by atoms with van der Waals surface area (Å²) in [6, 6.07) is 4.30. The van der Waals surface area contributed by atoms with E-state index in [-0.39, 0.29) is 6.10 Å². The van der Waals surface area contributed by atoms with Crippen molar-refractivity contribution in [1.29, 1.82) is 5.26 Å². The highest BCUT2D eigenvalue weighted by atomic mass is 79.9. The normalized spacial score (nSPS) is 17.2. The molecule has 1 atom stereocenters. The second kappa shape index (κ2) is 7.45. The monoisotopic (exact) mass is 389 g/mol. The fourth-order valence-corrected chi connectivity index (χ4v) is 2.94. The van der Waals surface area contributed by atoms with Gasteiger partial charge < -0.3 is 14.4 Å². The Kier molecular flexibility index (Phi) is 5.11. The van der Waals surface area contributed by atoms with Crippen LogP contribution >= 0.6 is 15.9 Å². The molecule has 8 heteroatoms. The number of methoxy groups -OCH3 is 1. The van der Waals surface area contributed by atoms with Gasteiger partial charge in [-0.2, -0.15) is 15.2 Å². The largest absolute Gasteiger partial charge is 0.494 e. The Bertz CT molecular complexity index is 747. The number of rotatable bonds is 4. The van der Waals surface area contributed by atoms with Gasteiger partial charge in [0.2, 0.25) is 0 Å². The second-order valence-corrected chi connectivity index (χ2v) is 6.29. The van der Waals surface area contributed by atoms with Crippen LogP contribution in [-0.2, 0) is 0 Å². The van der Waals surface area contributed by atoms with Crippen LogP contribution in [0.15, 0.2) is 29.1 Å². The van der Waals surface area contributed by atoms with Gasteiger partial charge in [-0.05, 0) is 34.8 Å². The van der Waals surface area contributed by atoms with Crippen molar-refractivity contribution in [3.8, 4) is 17.8 Å². The third kappa shape index (κ3) is 3.74. The maximum absolute atomic E-state index is 9.32. The van der Waals surface area contributed by atoms with Crippen LogP contribution < -0.4 is 14.4 Å². The minimum absolute atomic E-state index is 0.0517. The van der Waals surface area contributed by atoms with Crippen LogP contribution in [0.5, 0.6) is 11.8 Å². The molecule has 0 bridgehead atoms. The first-order valence-electron chi connectivity index (χ1n) is 7.53. The maximum Gasteiger partial charge on any atom is 0.316 e. The van der Waals surface area contributed by atoms with Crippen molar-refractivity contribution in [2.75, 3.05) is 25.1 Å². The molecule has 2 aromatic rings. The number of pyridine rings is 1. The summed E-state index contributed by atoms with van der Waals surface area (Å²) in [4.78, 5) is 14.7. The topological polar surface area (TPSA) is 84.2 Å². The van der Waals surface area contributed by atoms with Gasteiger partial charge in [-0.1, -0.05) is 0 Å². The van der Waals surface area contributed by atoms with Crippen LogP contribution in [0.4, 0.5) is 5.82 Å². The van der Waals surface area contributed by atoms with E-state index >= 15 is 0 Å². The van der Waals surface area contributed by atoms with Crippen LogP contribution in [0.3, 0.4) is 0 Å². The third-order valence-corrected chi connectivity index (χ3v) is 4.18. The minimum atomic E-state index is -0.0517. The van der Waals surface area contributed by atoms with Crippen molar-refractivity contribution in [1.82, 2.24) is 15.0 Å². The summed E-state index contributed by atoms with van der Waals surface area (Å²) in [6.45, 7) is 1.48. The van der Waals surface area contributed by atoms with Crippen LogP contribution in [0.1, 0.15) is 18.4 Å². The minimum Gasteiger partial charge on any atom is -0.494 e. The number of aromatic nitrogens is 3. The number of hydrogen-bond donors (Lipinski definition) is 0. The van der Waals surface area contributed by atoms with Gasteiger partial charge in [0.25, 0.3) is 0 Å². The molecule has 0 aromatic carbocycles. The molecule has 7 nitrogen and oxygen atoms in total. The smallest absolute Gasteiger partial charge is 0.316 e. The lowest BCUT2D eigenvalue weighted by atomic mass is 10.1. The van der Waals surface area contributed by atoms with Gasteiger partial charge in [-0.15, -0.1) is 0 Å². The summed E-state index contributed by atoms with van der Waals surface area (Å²) in [5, 5.41) is 9.32. The molecule has 0 radical (unpaired) electrons. The van der Waals surface area contributed by atoms with Crippen molar-refractivity contribution in [3.63, 3.8) is 0 Å². The lowest BCUT2D eigenvalue weighted by Crippen LogP contribution is -2.42. The van der Waals surface area contributed by atoms with Crippen LogP contribution in [-0.4, -0.2) is 41.3 Å². The Morgan fingerprint density at radius 1 is 1.29 bits per heavy atom. The van der Waals surface area contributed by atoms with Crippen molar-refractivity contribution in [3.05, 3.63) is 34.7 Å². The predicted molar refractivity (Wildman–Crippen MR) is 91.1 cm³/mol. The average molecular weight is 390 g/mol. The summed E-state index contributed by atoms with van der Waals surface area (Å²) in [7, 11) is 1.57. The second-order valence-electron chi connectivity index (χ2n) is 5.37. The van der Waals surface area contributed by atoms with Gasteiger partial charge in [0.15, 0.2) is 5.75 Å². The Labute approximate surface area is 148 Å². The standard InChI is InChI=1S/C16H16BrN5O2/c1-23-14-8-20-16(21-9-14)24-13-3-2-4-22(10-13)15-11(6-18)5-12(17)7-19-15/h5,7-9,13H,2-4,10H2,1H3.